The molecule has 110 valence electrons. The van der Waals surface area contributed by atoms with Crippen LogP contribution in [0.2, 0.25) is 0 Å². The lowest BCUT2D eigenvalue weighted by Crippen LogP contribution is -2.10. The van der Waals surface area contributed by atoms with Crippen LogP contribution in [0.15, 0.2) is 11.1 Å². The van der Waals surface area contributed by atoms with E-state index in [4.69, 9.17) is 5.73 Å². The zero-order valence-corrected chi connectivity index (χ0v) is 13.7. The fourth-order valence-electron chi connectivity index (χ4n) is 1.73. The van der Waals surface area contributed by atoms with Gasteiger partial charge in [-0.25, -0.2) is 13.4 Å². The molecule has 0 aliphatic rings. The molecule has 2 aromatic heterocycles. The van der Waals surface area contributed by atoms with Crippen molar-refractivity contribution in [3.05, 3.63) is 16.1 Å². The highest BCUT2D eigenvalue weighted by molar-refractivity contribution is 7.91. The zero-order chi connectivity index (χ0) is 14.8. The van der Waals surface area contributed by atoms with Crippen LogP contribution in [0.5, 0.6) is 0 Å². The summed E-state index contributed by atoms with van der Waals surface area (Å²) in [4.78, 5) is 5.32. The van der Waals surface area contributed by atoms with Gasteiger partial charge in [0.05, 0.1) is 17.3 Å². The average molecular weight is 332 g/mol. The second-order valence-corrected chi connectivity index (χ2v) is 8.38. The largest absolute Gasteiger partial charge is 0.382 e. The van der Waals surface area contributed by atoms with Gasteiger partial charge in [0.1, 0.15) is 9.90 Å². The van der Waals surface area contributed by atoms with E-state index in [9.17, 15) is 8.42 Å². The summed E-state index contributed by atoms with van der Waals surface area (Å²) in [7, 11) is -3.38. The van der Waals surface area contributed by atoms with Crippen molar-refractivity contribution >= 4 is 43.5 Å². The Morgan fingerprint density at radius 3 is 2.80 bits per heavy atom. The molecule has 0 saturated carbocycles. The lowest BCUT2D eigenvalue weighted by Gasteiger charge is -2.06. The summed E-state index contributed by atoms with van der Waals surface area (Å²) in [6.07, 6.45) is 2.32. The number of nitrogens with zero attached hydrogens (tertiary/aromatic N) is 2. The third-order valence-electron chi connectivity index (χ3n) is 2.55. The van der Waals surface area contributed by atoms with Crippen molar-refractivity contribution in [1.82, 2.24) is 9.36 Å². The van der Waals surface area contributed by atoms with E-state index < -0.39 is 9.84 Å². The second kappa shape index (κ2) is 6.06. The van der Waals surface area contributed by atoms with Crippen molar-refractivity contribution in [2.75, 3.05) is 16.8 Å². The van der Waals surface area contributed by atoms with Gasteiger partial charge in [0.2, 0.25) is 0 Å². The Hall–Kier alpha value is -1.19. The van der Waals surface area contributed by atoms with Gasteiger partial charge in [0, 0.05) is 11.1 Å². The predicted octanol–water partition coefficient (Wildman–Crippen LogP) is 2.29. The maximum Gasteiger partial charge on any atom is 0.185 e. The molecule has 0 saturated heterocycles. The number of rotatable bonds is 6. The van der Waals surface area contributed by atoms with Crippen molar-refractivity contribution in [3.8, 4) is 0 Å². The third kappa shape index (κ3) is 3.28. The number of nitrogens with two attached hydrogens (primary N) is 1. The molecule has 0 bridgehead atoms. The van der Waals surface area contributed by atoms with Crippen molar-refractivity contribution in [2.24, 2.45) is 0 Å². The highest BCUT2D eigenvalue weighted by Gasteiger charge is 2.24. The fraction of sp³-hybridized carbons (Fsp3) is 0.455. The summed E-state index contributed by atoms with van der Waals surface area (Å²) in [6.45, 7) is 4.26. The number of anilines is 2. The molecule has 0 aromatic carbocycles. The molecule has 0 spiro atoms. The van der Waals surface area contributed by atoms with Crippen LogP contribution < -0.4 is 11.1 Å². The summed E-state index contributed by atoms with van der Waals surface area (Å²) in [5.41, 5.74) is 5.70. The Morgan fingerprint density at radius 2 is 2.20 bits per heavy atom. The fourth-order valence-corrected chi connectivity index (χ4v) is 5.08. The molecule has 2 aromatic rings. The number of nitrogens with one attached hydrogen (secondary N) is 1. The summed E-state index contributed by atoms with van der Waals surface area (Å²) in [5.74, 6) is 0.149. The Balaban J connectivity index is 2.21. The van der Waals surface area contributed by atoms with E-state index in [0.29, 0.717) is 18.0 Å². The van der Waals surface area contributed by atoms with Gasteiger partial charge in [0.15, 0.2) is 15.7 Å². The second-order valence-electron chi connectivity index (χ2n) is 4.24. The van der Waals surface area contributed by atoms with Gasteiger partial charge in [-0.15, -0.1) is 11.3 Å². The number of hydrogen-bond donors (Lipinski definition) is 2. The summed E-state index contributed by atoms with van der Waals surface area (Å²) in [5, 5.41) is 4.57. The number of aryl methyl sites for hydroxylation is 1. The highest BCUT2D eigenvalue weighted by Crippen LogP contribution is 2.33. The van der Waals surface area contributed by atoms with Gasteiger partial charge in [-0.05, 0) is 24.9 Å². The number of nitrogen functional groups attached to an aromatic ring is 1. The smallest absolute Gasteiger partial charge is 0.185 e. The number of sulfone groups is 1. The normalized spacial score (nSPS) is 11.7. The van der Waals surface area contributed by atoms with E-state index in [0.717, 1.165) is 21.4 Å². The maximum absolute atomic E-state index is 12.2. The third-order valence-corrected chi connectivity index (χ3v) is 6.39. The van der Waals surface area contributed by atoms with Crippen LogP contribution in [0.3, 0.4) is 0 Å². The molecule has 0 aliphatic heterocycles. The van der Waals surface area contributed by atoms with Gasteiger partial charge in [0.25, 0.3) is 0 Å². The molecule has 3 N–H and O–H groups in total. The van der Waals surface area contributed by atoms with Gasteiger partial charge >= 0.3 is 0 Å². The van der Waals surface area contributed by atoms with Gasteiger partial charge in [-0.1, -0.05) is 6.92 Å². The molecule has 0 unspecified atom stereocenters. The standard InChI is InChI=1S/C11H16N4O2S3/c1-3-4-20(16,17)9-10(12)15-19-11(9)14-6-8-5-13-7(2)18-8/h5,14H,3-4,6H2,1-2H3,(H2,12,15). The SMILES string of the molecule is CCCS(=O)(=O)c1c(N)nsc1NCc1cnc(C)s1. The first-order chi connectivity index (χ1) is 9.44. The molecule has 9 heteroatoms. The van der Waals surface area contributed by atoms with E-state index in [1.165, 1.54) is 0 Å². The molecule has 2 heterocycles. The lowest BCUT2D eigenvalue weighted by atomic mass is 10.5. The minimum absolute atomic E-state index is 0.0734. The molecular weight excluding hydrogens is 316 g/mol. The van der Waals surface area contributed by atoms with Crippen LogP contribution in [0.1, 0.15) is 23.2 Å². The zero-order valence-electron chi connectivity index (χ0n) is 11.2. The molecular formula is C11H16N4O2S3. The van der Waals surface area contributed by atoms with E-state index in [1.54, 1.807) is 17.5 Å². The molecule has 0 atom stereocenters. The van der Waals surface area contributed by atoms with Crippen LogP contribution in [0.25, 0.3) is 0 Å². The Bertz CT molecular complexity index is 690. The monoisotopic (exact) mass is 332 g/mol. The summed E-state index contributed by atoms with van der Waals surface area (Å²) in [6, 6.07) is 0. The molecule has 6 nitrogen and oxygen atoms in total. The minimum atomic E-state index is -3.38. The number of aromatic nitrogens is 2. The Kier molecular flexibility index (Phi) is 4.61. The minimum Gasteiger partial charge on any atom is -0.382 e. The number of thiazole rings is 1. The summed E-state index contributed by atoms with van der Waals surface area (Å²) < 4.78 is 28.3. The van der Waals surface area contributed by atoms with Crippen molar-refractivity contribution in [1.29, 1.82) is 0 Å². The van der Waals surface area contributed by atoms with E-state index in [-0.39, 0.29) is 16.5 Å². The molecule has 0 radical (unpaired) electrons. The molecule has 0 fully saturated rings. The Labute approximate surface area is 126 Å². The van der Waals surface area contributed by atoms with Crippen LogP contribution in [0, 0.1) is 6.92 Å². The Morgan fingerprint density at radius 1 is 1.45 bits per heavy atom. The van der Waals surface area contributed by atoms with Crippen molar-refractivity contribution < 1.29 is 8.42 Å². The van der Waals surface area contributed by atoms with Crippen LogP contribution in [-0.2, 0) is 16.4 Å². The first kappa shape index (κ1) is 15.2. The van der Waals surface area contributed by atoms with Gasteiger partial charge < -0.3 is 11.1 Å². The maximum atomic E-state index is 12.2. The van der Waals surface area contributed by atoms with E-state index in [2.05, 4.69) is 14.7 Å². The highest BCUT2D eigenvalue weighted by atomic mass is 32.2. The molecule has 2 rings (SSSR count). The topological polar surface area (TPSA) is 98.0 Å². The molecule has 0 aliphatic carbocycles. The van der Waals surface area contributed by atoms with E-state index in [1.807, 2.05) is 13.8 Å². The van der Waals surface area contributed by atoms with Gasteiger partial charge in [-0.2, -0.15) is 4.37 Å². The van der Waals surface area contributed by atoms with Crippen LogP contribution >= 0.6 is 22.9 Å². The van der Waals surface area contributed by atoms with Crippen molar-refractivity contribution in [3.63, 3.8) is 0 Å². The lowest BCUT2D eigenvalue weighted by molar-refractivity contribution is 0.595. The van der Waals surface area contributed by atoms with Crippen LogP contribution in [0.4, 0.5) is 10.8 Å². The molecule has 20 heavy (non-hydrogen) atoms. The first-order valence-corrected chi connectivity index (χ1v) is 9.31. The predicted molar refractivity (Wildman–Crippen MR) is 83.0 cm³/mol. The quantitative estimate of drug-likeness (QED) is 0.842. The van der Waals surface area contributed by atoms with Gasteiger partial charge in [-0.3, -0.25) is 0 Å². The van der Waals surface area contributed by atoms with Crippen molar-refractivity contribution in [2.45, 2.75) is 31.7 Å². The first-order valence-electron chi connectivity index (χ1n) is 6.07. The number of hydrogen-bond acceptors (Lipinski definition) is 8. The summed E-state index contributed by atoms with van der Waals surface area (Å²) >= 11 is 2.64. The average Bonchev–Trinajstić information content (AvgIpc) is 2.93. The molecule has 0 amide bonds. The van der Waals surface area contributed by atoms with E-state index >= 15 is 0 Å². The van der Waals surface area contributed by atoms with Crippen LogP contribution in [-0.4, -0.2) is 23.5 Å².